The molecule has 140 valence electrons. The number of nitrogens with one attached hydrogen (secondary N) is 2. The number of rotatable bonds is 5. The van der Waals surface area contributed by atoms with E-state index in [9.17, 15) is 18.0 Å². The Bertz CT molecular complexity index is 1050. The number of ether oxygens (including phenoxy) is 1. The van der Waals surface area contributed by atoms with Crippen molar-refractivity contribution in [1.29, 1.82) is 0 Å². The first kappa shape index (κ1) is 18.5. The average molecular weight is 388 g/mol. The Labute approximate surface area is 155 Å². The molecule has 2 heterocycles. The number of hydrogen-bond donors (Lipinski definition) is 3. The van der Waals surface area contributed by atoms with Crippen molar-refractivity contribution in [1.82, 2.24) is 4.98 Å². The number of fused-ring (bicyclic) bond motifs is 1. The van der Waals surface area contributed by atoms with Gasteiger partial charge in [0.05, 0.1) is 22.6 Å². The van der Waals surface area contributed by atoms with Gasteiger partial charge in [-0.25, -0.2) is 23.3 Å². The number of nitrogens with two attached hydrogens (primary N) is 1. The Morgan fingerprint density at radius 1 is 1.33 bits per heavy atom. The first-order valence-electron chi connectivity index (χ1n) is 7.88. The van der Waals surface area contributed by atoms with Gasteiger partial charge in [-0.05, 0) is 37.3 Å². The summed E-state index contributed by atoms with van der Waals surface area (Å²) in [6, 6.07) is 7.24. The number of anilines is 2. The molecule has 0 radical (unpaired) electrons. The van der Waals surface area contributed by atoms with Crippen LogP contribution < -0.4 is 15.8 Å². The molecule has 0 saturated carbocycles. The number of carbonyl (C=O) groups excluding carboxylic acids is 2. The number of benzene rings is 1. The third-order valence-electron chi connectivity index (χ3n) is 3.73. The minimum atomic E-state index is -3.78. The molecular weight excluding hydrogens is 372 g/mol. The van der Waals surface area contributed by atoms with Crippen molar-refractivity contribution in [3.63, 3.8) is 0 Å². The van der Waals surface area contributed by atoms with E-state index in [1.54, 1.807) is 6.92 Å². The van der Waals surface area contributed by atoms with Crippen LogP contribution in [0.2, 0.25) is 0 Å². The first-order valence-corrected chi connectivity index (χ1v) is 9.42. The third kappa shape index (κ3) is 3.96. The highest BCUT2D eigenvalue weighted by Crippen LogP contribution is 2.30. The van der Waals surface area contributed by atoms with Gasteiger partial charge in [-0.2, -0.15) is 0 Å². The van der Waals surface area contributed by atoms with Crippen LogP contribution in [0.4, 0.5) is 11.5 Å². The maximum absolute atomic E-state index is 12.2. The molecular formula is C17H16N4O5S. The van der Waals surface area contributed by atoms with Gasteiger partial charge in [0.25, 0.3) is 5.91 Å². The molecule has 0 saturated heterocycles. The standard InChI is InChI=1S/C17H16N4O5S/c1-2-26-17(23)10-7-13-14(16(22)21-15(13)20-8-10)9-19-11-3-5-12(6-4-11)27(18,24)25/h3-9,19H,2H2,1H3,(H2,18,24,25)(H,20,21,22)/b14-9-. The lowest BCUT2D eigenvalue weighted by Gasteiger charge is -2.05. The smallest absolute Gasteiger partial charge is 0.339 e. The fourth-order valence-electron chi connectivity index (χ4n) is 2.43. The lowest BCUT2D eigenvalue weighted by Crippen LogP contribution is -2.11. The molecule has 0 unspecified atom stereocenters. The predicted molar refractivity (Wildman–Crippen MR) is 98.2 cm³/mol. The van der Waals surface area contributed by atoms with Crippen molar-refractivity contribution in [3.8, 4) is 0 Å². The lowest BCUT2D eigenvalue weighted by atomic mass is 10.1. The van der Waals surface area contributed by atoms with Gasteiger partial charge in [0, 0.05) is 23.6 Å². The lowest BCUT2D eigenvalue weighted by molar-refractivity contribution is -0.110. The van der Waals surface area contributed by atoms with Crippen molar-refractivity contribution in [3.05, 3.63) is 53.9 Å². The Morgan fingerprint density at radius 2 is 2.04 bits per heavy atom. The molecule has 3 rings (SSSR count). The number of nitrogens with zero attached hydrogens (tertiary/aromatic N) is 1. The summed E-state index contributed by atoms with van der Waals surface area (Å²) in [6.07, 6.45) is 2.78. The summed E-state index contributed by atoms with van der Waals surface area (Å²) in [5.74, 6) is -0.573. The molecule has 1 aliphatic heterocycles. The molecule has 1 amide bonds. The molecule has 0 aliphatic carbocycles. The molecule has 4 N–H and O–H groups in total. The zero-order valence-electron chi connectivity index (χ0n) is 14.2. The summed E-state index contributed by atoms with van der Waals surface area (Å²) in [6.45, 7) is 1.92. The van der Waals surface area contributed by atoms with Crippen molar-refractivity contribution in [2.45, 2.75) is 11.8 Å². The van der Waals surface area contributed by atoms with Crippen LogP contribution >= 0.6 is 0 Å². The summed E-state index contributed by atoms with van der Waals surface area (Å²) in [4.78, 5) is 28.1. The summed E-state index contributed by atoms with van der Waals surface area (Å²) in [7, 11) is -3.78. The van der Waals surface area contributed by atoms with Crippen LogP contribution in [-0.4, -0.2) is 31.9 Å². The summed E-state index contributed by atoms with van der Waals surface area (Å²) < 4.78 is 27.5. The Hall–Kier alpha value is -3.24. The zero-order valence-corrected chi connectivity index (χ0v) is 15.0. The maximum Gasteiger partial charge on any atom is 0.339 e. The second-order valence-electron chi connectivity index (χ2n) is 5.57. The SMILES string of the molecule is CCOC(=O)c1cnc2c(c1)/C(=C/Nc1ccc(S(N)(=O)=O)cc1)C(=O)N2. The number of sulfonamides is 1. The molecule has 0 bridgehead atoms. The quantitative estimate of drug-likeness (QED) is 0.518. The number of primary sulfonamides is 1. The minimum absolute atomic E-state index is 0.0204. The van der Waals surface area contributed by atoms with E-state index in [-0.39, 0.29) is 28.5 Å². The van der Waals surface area contributed by atoms with Gasteiger partial charge in [-0.15, -0.1) is 0 Å². The number of aromatic nitrogens is 1. The van der Waals surface area contributed by atoms with Crippen molar-refractivity contribution < 1.29 is 22.7 Å². The van der Waals surface area contributed by atoms with Crippen LogP contribution in [-0.2, 0) is 19.6 Å². The molecule has 1 aromatic heterocycles. The minimum Gasteiger partial charge on any atom is -0.462 e. The van der Waals surface area contributed by atoms with Gasteiger partial charge in [0.15, 0.2) is 0 Å². The first-order chi connectivity index (χ1) is 12.8. The molecule has 2 aromatic rings. The fraction of sp³-hybridized carbons (Fsp3) is 0.118. The van der Waals surface area contributed by atoms with Crippen LogP contribution in [0, 0.1) is 0 Å². The second-order valence-corrected chi connectivity index (χ2v) is 7.13. The summed E-state index contributed by atoms with van der Waals surface area (Å²) in [5, 5.41) is 10.6. The van der Waals surface area contributed by atoms with E-state index in [4.69, 9.17) is 9.88 Å². The number of carbonyl (C=O) groups is 2. The molecule has 27 heavy (non-hydrogen) atoms. The second kappa shape index (κ2) is 7.17. The molecule has 0 fully saturated rings. The van der Waals surface area contributed by atoms with Gasteiger partial charge < -0.3 is 15.4 Å². The highest BCUT2D eigenvalue weighted by Gasteiger charge is 2.27. The van der Waals surface area contributed by atoms with Crippen LogP contribution in [0.1, 0.15) is 22.8 Å². The van der Waals surface area contributed by atoms with Crippen LogP contribution in [0.5, 0.6) is 0 Å². The van der Waals surface area contributed by atoms with E-state index >= 15 is 0 Å². The van der Waals surface area contributed by atoms with Gasteiger partial charge in [0.2, 0.25) is 10.0 Å². The molecule has 10 heteroatoms. The van der Waals surface area contributed by atoms with E-state index < -0.39 is 16.0 Å². The highest BCUT2D eigenvalue weighted by molar-refractivity contribution is 7.89. The normalized spacial score (nSPS) is 14.6. The average Bonchev–Trinajstić information content (AvgIpc) is 2.94. The number of hydrogen-bond acceptors (Lipinski definition) is 7. The Morgan fingerprint density at radius 3 is 2.67 bits per heavy atom. The highest BCUT2D eigenvalue weighted by atomic mass is 32.2. The number of esters is 1. The van der Waals surface area contributed by atoms with Crippen LogP contribution in [0.15, 0.2) is 47.6 Å². The zero-order chi connectivity index (χ0) is 19.6. The van der Waals surface area contributed by atoms with Crippen LogP contribution in [0.3, 0.4) is 0 Å². The van der Waals surface area contributed by atoms with Crippen LogP contribution in [0.25, 0.3) is 5.57 Å². The van der Waals surface area contributed by atoms with Gasteiger partial charge in [-0.3, -0.25) is 4.79 Å². The monoisotopic (exact) mass is 388 g/mol. The number of pyridine rings is 1. The molecule has 1 aliphatic rings. The summed E-state index contributed by atoms with van der Waals surface area (Å²) in [5.41, 5.74) is 1.51. The third-order valence-corrected chi connectivity index (χ3v) is 4.66. The van der Waals surface area contributed by atoms with Gasteiger partial charge in [-0.1, -0.05) is 0 Å². The fourth-order valence-corrected chi connectivity index (χ4v) is 2.95. The van der Waals surface area contributed by atoms with E-state index in [0.717, 1.165) is 0 Å². The van der Waals surface area contributed by atoms with E-state index in [2.05, 4.69) is 15.6 Å². The predicted octanol–water partition coefficient (Wildman–Crippen LogP) is 1.31. The molecule has 0 atom stereocenters. The molecule has 0 spiro atoms. The molecule has 9 nitrogen and oxygen atoms in total. The van der Waals surface area contributed by atoms with E-state index in [1.165, 1.54) is 42.7 Å². The Balaban J connectivity index is 1.86. The van der Waals surface area contributed by atoms with E-state index in [0.29, 0.717) is 17.1 Å². The number of amides is 1. The van der Waals surface area contributed by atoms with Crippen molar-refractivity contribution in [2.24, 2.45) is 5.14 Å². The largest absolute Gasteiger partial charge is 0.462 e. The van der Waals surface area contributed by atoms with Gasteiger partial charge in [0.1, 0.15) is 5.82 Å². The topological polar surface area (TPSA) is 140 Å². The maximum atomic E-state index is 12.2. The van der Waals surface area contributed by atoms with Crippen molar-refractivity contribution in [2.75, 3.05) is 17.2 Å². The Kier molecular flexibility index (Phi) is 4.93. The molecule has 1 aromatic carbocycles. The summed E-state index contributed by atoms with van der Waals surface area (Å²) >= 11 is 0. The van der Waals surface area contributed by atoms with Gasteiger partial charge >= 0.3 is 5.97 Å². The van der Waals surface area contributed by atoms with E-state index in [1.807, 2.05) is 0 Å². The van der Waals surface area contributed by atoms with Crippen molar-refractivity contribution >= 4 is 39.0 Å².